The van der Waals surface area contributed by atoms with Crippen LogP contribution in [-0.2, 0) is 14.4 Å². The molecule has 26 heavy (non-hydrogen) atoms. The number of Topliss-reactive ketones (excluding diaryl/α,β-unsaturated/α-hetero) is 1. The maximum absolute atomic E-state index is 12.3. The molecule has 0 aliphatic carbocycles. The van der Waals surface area contributed by atoms with Crippen molar-refractivity contribution in [2.24, 2.45) is 0 Å². The minimum atomic E-state index is -0.793. The van der Waals surface area contributed by atoms with Crippen LogP contribution in [0.4, 0.5) is 4.79 Å². The summed E-state index contributed by atoms with van der Waals surface area (Å²) in [5, 5.41) is 11.0. The Bertz CT molecular complexity index is 520. The van der Waals surface area contributed by atoms with Gasteiger partial charge in [-0.25, -0.2) is 14.6 Å². The van der Waals surface area contributed by atoms with Crippen LogP contribution < -0.4 is 5.32 Å². The Kier molecular flexibility index (Phi) is 9.48. The second-order valence-corrected chi connectivity index (χ2v) is 7.39. The highest BCUT2D eigenvalue weighted by Gasteiger charge is 2.51. The lowest BCUT2D eigenvalue weighted by molar-refractivity contribution is -0.840. The number of unbranched alkanes of at least 4 members (excludes halogenated alkanes) is 5. The topological polar surface area (TPSA) is 101 Å². The molecule has 1 saturated heterocycles. The summed E-state index contributed by atoms with van der Waals surface area (Å²) in [6.07, 6.45) is 7.59. The Balaban J connectivity index is 2.46. The Morgan fingerprint density at radius 3 is 2.31 bits per heavy atom. The largest absolute Gasteiger partial charge is 0.481 e. The second-order valence-electron chi connectivity index (χ2n) is 7.39. The van der Waals surface area contributed by atoms with Crippen LogP contribution in [0.3, 0.4) is 0 Å². The van der Waals surface area contributed by atoms with Crippen molar-refractivity contribution in [1.82, 2.24) is 5.32 Å². The van der Waals surface area contributed by atoms with Crippen molar-refractivity contribution in [2.45, 2.75) is 83.6 Å². The monoisotopic (exact) mass is 369 g/mol. The lowest BCUT2D eigenvalue weighted by Crippen LogP contribution is -2.53. The fourth-order valence-electron chi connectivity index (χ4n) is 3.41. The number of carboxylic acid groups (broad SMARTS) is 1. The highest BCUT2D eigenvalue weighted by molar-refractivity contribution is 5.99. The average molecular weight is 369 g/mol. The number of carboxylic acids is 1. The fourth-order valence-corrected chi connectivity index (χ4v) is 3.41. The number of rotatable bonds is 14. The van der Waals surface area contributed by atoms with E-state index in [0.717, 1.165) is 38.5 Å². The molecule has 0 saturated carbocycles. The first-order chi connectivity index (χ1) is 12.3. The molecule has 2 N–H and O–H groups in total. The number of nitrogens with zero attached hydrogens (tertiary/aromatic N) is 1. The zero-order valence-electron chi connectivity index (χ0n) is 16.1. The van der Waals surface area contributed by atoms with Gasteiger partial charge in [-0.2, -0.15) is 0 Å². The van der Waals surface area contributed by atoms with E-state index in [0.29, 0.717) is 32.2 Å². The number of carbonyl (C=O) groups is 4. The molecule has 7 nitrogen and oxygen atoms in total. The van der Waals surface area contributed by atoms with E-state index in [9.17, 15) is 19.2 Å². The van der Waals surface area contributed by atoms with Gasteiger partial charge >= 0.3 is 12.0 Å². The van der Waals surface area contributed by atoms with E-state index < -0.39 is 12.0 Å². The van der Waals surface area contributed by atoms with E-state index in [4.69, 9.17) is 5.11 Å². The summed E-state index contributed by atoms with van der Waals surface area (Å²) < 4.78 is -0.0481. The number of imide groups is 1. The number of hydrogen-bond acceptors (Lipinski definition) is 4. The number of quaternary nitrogens is 1. The molecular weight excluding hydrogens is 336 g/mol. The van der Waals surface area contributed by atoms with Crippen molar-refractivity contribution in [1.29, 1.82) is 0 Å². The van der Waals surface area contributed by atoms with Gasteiger partial charge in [0.05, 0.1) is 20.0 Å². The highest BCUT2D eigenvalue weighted by atomic mass is 16.4. The normalized spacial score (nSPS) is 22.5. The molecule has 0 aromatic carbocycles. The SMILES string of the molecule is CCCCCC(=O)CC[N+]1(C)C(=O)NC(=O)C1CCCCCCC(=O)O. The Hall–Kier alpha value is -1.76. The van der Waals surface area contributed by atoms with Gasteiger partial charge < -0.3 is 5.11 Å². The number of aliphatic carboxylic acids is 1. The van der Waals surface area contributed by atoms with Gasteiger partial charge in [0.1, 0.15) is 5.78 Å². The number of ketones is 1. The summed E-state index contributed by atoms with van der Waals surface area (Å²) in [5.74, 6) is -0.905. The molecule has 0 aromatic rings. The predicted molar refractivity (Wildman–Crippen MR) is 97.5 cm³/mol. The summed E-state index contributed by atoms with van der Waals surface area (Å²) in [5.41, 5.74) is 0. The van der Waals surface area contributed by atoms with Crippen LogP contribution in [0.5, 0.6) is 0 Å². The number of likely N-dealkylation sites (N-methyl/N-ethyl adjacent to an activating group) is 1. The molecule has 7 heteroatoms. The molecule has 1 fully saturated rings. The first-order valence-corrected chi connectivity index (χ1v) is 9.75. The summed E-state index contributed by atoms with van der Waals surface area (Å²) in [7, 11) is 1.73. The molecule has 2 unspecified atom stereocenters. The van der Waals surface area contributed by atoms with Crippen molar-refractivity contribution in [3.05, 3.63) is 0 Å². The first kappa shape index (κ1) is 22.3. The number of hydrogen-bond donors (Lipinski definition) is 2. The van der Waals surface area contributed by atoms with Crippen LogP contribution in [0.25, 0.3) is 0 Å². The minimum Gasteiger partial charge on any atom is -0.481 e. The third-order valence-corrected chi connectivity index (χ3v) is 5.22. The number of urea groups is 1. The van der Waals surface area contributed by atoms with Crippen LogP contribution in [0.2, 0.25) is 0 Å². The van der Waals surface area contributed by atoms with E-state index in [1.165, 1.54) is 0 Å². The molecule has 1 aliphatic heterocycles. The van der Waals surface area contributed by atoms with Crippen LogP contribution in [0.1, 0.15) is 77.6 Å². The maximum Gasteiger partial charge on any atom is 0.423 e. The molecule has 1 aliphatic rings. The van der Waals surface area contributed by atoms with Gasteiger partial charge in [-0.15, -0.1) is 0 Å². The van der Waals surface area contributed by atoms with Crippen molar-refractivity contribution >= 4 is 23.7 Å². The molecule has 0 radical (unpaired) electrons. The molecule has 1 heterocycles. The fraction of sp³-hybridized carbons (Fsp3) is 0.789. The summed E-state index contributed by atoms with van der Waals surface area (Å²) in [4.78, 5) is 46.9. The van der Waals surface area contributed by atoms with Gasteiger partial charge in [0, 0.05) is 19.3 Å². The summed E-state index contributed by atoms with van der Waals surface area (Å²) in [6, 6.07) is -0.780. The standard InChI is InChI=1S/C19H32N2O5/c1-3-4-7-10-15(22)13-14-21(2)16(18(25)20-19(21)26)11-8-5-6-9-12-17(23)24/h16H,3-14H2,1-2H3,(H-,20,23,24,25,26)/p+1. The lowest BCUT2D eigenvalue weighted by atomic mass is 10.0. The van der Waals surface area contributed by atoms with E-state index in [2.05, 4.69) is 12.2 Å². The van der Waals surface area contributed by atoms with E-state index in [1.54, 1.807) is 7.05 Å². The second kappa shape index (κ2) is 11.1. The molecular formula is C19H33N2O5+. The molecule has 0 bridgehead atoms. The molecule has 1 rings (SSSR count). The van der Waals surface area contributed by atoms with Crippen LogP contribution >= 0.6 is 0 Å². The van der Waals surface area contributed by atoms with Gasteiger partial charge in [-0.3, -0.25) is 14.4 Å². The van der Waals surface area contributed by atoms with Gasteiger partial charge in [0.2, 0.25) is 0 Å². The molecule has 3 amide bonds. The number of nitrogens with one attached hydrogen (secondary N) is 1. The van der Waals surface area contributed by atoms with Crippen LogP contribution in [-0.4, -0.2) is 52.9 Å². The Morgan fingerprint density at radius 1 is 1.00 bits per heavy atom. The summed E-state index contributed by atoms with van der Waals surface area (Å²) >= 11 is 0. The zero-order chi connectivity index (χ0) is 19.6. The lowest BCUT2D eigenvalue weighted by Gasteiger charge is -2.30. The van der Waals surface area contributed by atoms with Crippen LogP contribution in [0.15, 0.2) is 0 Å². The Morgan fingerprint density at radius 2 is 1.65 bits per heavy atom. The number of carbonyl (C=O) groups excluding carboxylic acids is 3. The summed E-state index contributed by atoms with van der Waals surface area (Å²) in [6.45, 7) is 2.44. The number of amides is 3. The van der Waals surface area contributed by atoms with Gasteiger partial charge in [-0.1, -0.05) is 32.6 Å². The molecule has 0 spiro atoms. The maximum atomic E-state index is 12.3. The van der Waals surface area contributed by atoms with E-state index >= 15 is 0 Å². The Labute approximate surface area is 155 Å². The first-order valence-electron chi connectivity index (χ1n) is 9.75. The van der Waals surface area contributed by atoms with Gasteiger partial charge in [0.15, 0.2) is 6.04 Å². The third-order valence-electron chi connectivity index (χ3n) is 5.22. The van der Waals surface area contributed by atoms with Crippen molar-refractivity contribution < 1.29 is 28.8 Å². The third kappa shape index (κ3) is 6.86. The van der Waals surface area contributed by atoms with Crippen molar-refractivity contribution in [3.63, 3.8) is 0 Å². The van der Waals surface area contributed by atoms with Crippen molar-refractivity contribution in [2.75, 3.05) is 13.6 Å². The predicted octanol–water partition coefficient (Wildman–Crippen LogP) is 3.02. The molecule has 2 atom stereocenters. The van der Waals surface area contributed by atoms with Gasteiger partial charge in [0.25, 0.3) is 5.91 Å². The minimum absolute atomic E-state index is 0.0481. The van der Waals surface area contributed by atoms with E-state index in [1.807, 2.05) is 0 Å². The average Bonchev–Trinajstić information content (AvgIpc) is 2.79. The van der Waals surface area contributed by atoms with Crippen molar-refractivity contribution in [3.8, 4) is 0 Å². The van der Waals surface area contributed by atoms with Crippen LogP contribution in [0, 0.1) is 0 Å². The smallest absolute Gasteiger partial charge is 0.423 e. The molecule has 0 aromatic heterocycles. The zero-order valence-corrected chi connectivity index (χ0v) is 16.1. The highest BCUT2D eigenvalue weighted by Crippen LogP contribution is 2.24. The van der Waals surface area contributed by atoms with E-state index in [-0.39, 0.29) is 28.6 Å². The van der Waals surface area contributed by atoms with Gasteiger partial charge in [-0.05, 0) is 19.3 Å². The molecule has 148 valence electrons. The quantitative estimate of drug-likeness (QED) is 0.278.